The van der Waals surface area contributed by atoms with Gasteiger partial charge in [0.15, 0.2) is 0 Å². The summed E-state index contributed by atoms with van der Waals surface area (Å²) in [6.07, 6.45) is 0.738. The fraction of sp³-hybridized carbons (Fsp3) is 0.263. The molecular formula is C19H17ClN2O2. The first kappa shape index (κ1) is 16.5. The molecule has 1 fully saturated rings. The Balaban J connectivity index is 1.79. The molecule has 2 atom stereocenters. The lowest BCUT2D eigenvalue weighted by Gasteiger charge is -2.14. The van der Waals surface area contributed by atoms with Crippen molar-refractivity contribution < 1.29 is 9.53 Å². The van der Waals surface area contributed by atoms with E-state index in [4.69, 9.17) is 16.3 Å². The number of halogens is 1. The molecule has 1 aliphatic heterocycles. The van der Waals surface area contributed by atoms with Gasteiger partial charge in [-0.1, -0.05) is 48.0 Å². The maximum atomic E-state index is 12.1. The molecule has 1 heterocycles. The highest BCUT2D eigenvalue weighted by Crippen LogP contribution is 2.32. The Morgan fingerprint density at radius 2 is 2.08 bits per heavy atom. The fourth-order valence-corrected chi connectivity index (χ4v) is 3.08. The summed E-state index contributed by atoms with van der Waals surface area (Å²) in [4.78, 5) is 12.1. The van der Waals surface area contributed by atoms with E-state index in [9.17, 15) is 10.1 Å². The van der Waals surface area contributed by atoms with Gasteiger partial charge < -0.3 is 10.1 Å². The van der Waals surface area contributed by atoms with E-state index in [1.807, 2.05) is 30.3 Å². The third-order valence-corrected chi connectivity index (χ3v) is 4.47. The first-order valence-electron chi connectivity index (χ1n) is 7.81. The number of carbonyl (C=O) groups excluding carboxylic acids is 1. The van der Waals surface area contributed by atoms with E-state index >= 15 is 0 Å². The monoisotopic (exact) mass is 340 g/mol. The summed E-state index contributed by atoms with van der Waals surface area (Å²) in [5.74, 6) is -0.609. The van der Waals surface area contributed by atoms with Crippen LogP contribution in [-0.4, -0.2) is 19.1 Å². The van der Waals surface area contributed by atoms with Crippen molar-refractivity contribution in [1.82, 2.24) is 0 Å². The lowest BCUT2D eigenvalue weighted by molar-refractivity contribution is -0.119. The van der Waals surface area contributed by atoms with Gasteiger partial charge in [0.1, 0.15) is 0 Å². The van der Waals surface area contributed by atoms with Crippen molar-refractivity contribution >= 4 is 23.2 Å². The van der Waals surface area contributed by atoms with E-state index in [1.54, 1.807) is 18.2 Å². The highest BCUT2D eigenvalue weighted by molar-refractivity contribution is 6.31. The Kier molecular flexibility index (Phi) is 5.14. The van der Waals surface area contributed by atoms with Gasteiger partial charge in [-0.15, -0.1) is 0 Å². The zero-order chi connectivity index (χ0) is 16.9. The quantitative estimate of drug-likeness (QED) is 0.916. The molecule has 1 saturated heterocycles. The second-order valence-electron chi connectivity index (χ2n) is 5.76. The van der Waals surface area contributed by atoms with Crippen molar-refractivity contribution in [2.24, 2.45) is 5.92 Å². The summed E-state index contributed by atoms with van der Waals surface area (Å²) in [5, 5.41) is 12.8. The van der Waals surface area contributed by atoms with Gasteiger partial charge in [0.2, 0.25) is 5.91 Å². The molecule has 0 bridgehead atoms. The van der Waals surface area contributed by atoms with Crippen LogP contribution in [0.25, 0.3) is 0 Å². The third kappa shape index (κ3) is 3.59. The predicted molar refractivity (Wildman–Crippen MR) is 92.9 cm³/mol. The number of hydrogen-bond acceptors (Lipinski definition) is 3. The topological polar surface area (TPSA) is 62.1 Å². The third-order valence-electron chi connectivity index (χ3n) is 4.14. The number of benzene rings is 2. The normalized spacial score (nSPS) is 17.9. The standard InChI is InChI=1S/C19H17ClN2O2/c20-18-10-15(22-19(23)14-8-9-24-12-14)6-7-16(18)17(11-21)13-4-2-1-3-5-13/h1-7,10,14,17H,8-9,12H2,(H,22,23). The molecule has 1 N–H and O–H groups in total. The number of nitriles is 1. The van der Waals surface area contributed by atoms with Gasteiger partial charge in [0.05, 0.1) is 24.5 Å². The highest BCUT2D eigenvalue weighted by Gasteiger charge is 2.24. The maximum Gasteiger partial charge on any atom is 0.229 e. The lowest BCUT2D eigenvalue weighted by atomic mass is 9.92. The van der Waals surface area contributed by atoms with Crippen LogP contribution < -0.4 is 5.32 Å². The van der Waals surface area contributed by atoms with Crippen molar-refractivity contribution in [3.63, 3.8) is 0 Å². The van der Waals surface area contributed by atoms with Crippen molar-refractivity contribution in [3.05, 3.63) is 64.7 Å². The average Bonchev–Trinajstić information content (AvgIpc) is 3.13. The van der Waals surface area contributed by atoms with Crippen LogP contribution in [0.3, 0.4) is 0 Å². The summed E-state index contributed by atoms with van der Waals surface area (Å²) in [6.45, 7) is 1.08. The Hall–Kier alpha value is -2.35. The number of nitrogens with one attached hydrogen (secondary N) is 1. The van der Waals surface area contributed by atoms with Gasteiger partial charge in [-0.25, -0.2) is 0 Å². The second-order valence-corrected chi connectivity index (χ2v) is 6.17. The number of amides is 1. The number of anilines is 1. The summed E-state index contributed by atoms with van der Waals surface area (Å²) in [7, 11) is 0. The first-order valence-corrected chi connectivity index (χ1v) is 8.19. The van der Waals surface area contributed by atoms with Gasteiger partial charge in [-0.3, -0.25) is 4.79 Å². The van der Waals surface area contributed by atoms with Crippen molar-refractivity contribution in [1.29, 1.82) is 5.26 Å². The van der Waals surface area contributed by atoms with E-state index in [0.29, 0.717) is 23.9 Å². The summed E-state index contributed by atoms with van der Waals surface area (Å²) < 4.78 is 5.23. The minimum atomic E-state index is -0.438. The van der Waals surface area contributed by atoms with Crippen molar-refractivity contribution in [2.75, 3.05) is 18.5 Å². The lowest BCUT2D eigenvalue weighted by Crippen LogP contribution is -2.22. The minimum absolute atomic E-state index is 0.0591. The molecular weight excluding hydrogens is 324 g/mol. The van der Waals surface area contributed by atoms with Gasteiger partial charge >= 0.3 is 0 Å². The molecule has 0 saturated carbocycles. The van der Waals surface area contributed by atoms with E-state index in [1.165, 1.54) is 0 Å². The summed E-state index contributed by atoms with van der Waals surface area (Å²) >= 11 is 6.37. The molecule has 0 aromatic heterocycles. The van der Waals surface area contributed by atoms with Gasteiger partial charge in [-0.2, -0.15) is 5.26 Å². The molecule has 3 rings (SSSR count). The molecule has 24 heavy (non-hydrogen) atoms. The molecule has 0 spiro atoms. The molecule has 5 heteroatoms. The predicted octanol–water partition coefficient (Wildman–Crippen LogP) is 3.97. The molecule has 4 nitrogen and oxygen atoms in total. The second kappa shape index (κ2) is 7.48. The van der Waals surface area contributed by atoms with Crippen LogP contribution in [0.5, 0.6) is 0 Å². The van der Waals surface area contributed by atoms with Crippen molar-refractivity contribution in [3.8, 4) is 6.07 Å². The number of ether oxygens (including phenoxy) is 1. The summed E-state index contributed by atoms with van der Waals surface area (Å²) in [5.41, 5.74) is 2.25. The number of rotatable bonds is 4. The van der Waals surface area contributed by atoms with E-state index < -0.39 is 5.92 Å². The van der Waals surface area contributed by atoms with E-state index in [2.05, 4.69) is 11.4 Å². The molecule has 0 radical (unpaired) electrons. The van der Waals surface area contributed by atoms with Crippen LogP contribution in [-0.2, 0) is 9.53 Å². The molecule has 1 amide bonds. The molecule has 2 unspecified atom stereocenters. The molecule has 2 aromatic rings. The highest BCUT2D eigenvalue weighted by atomic mass is 35.5. The summed E-state index contributed by atoms with van der Waals surface area (Å²) in [6, 6.07) is 17.1. The molecule has 2 aromatic carbocycles. The molecule has 0 aliphatic carbocycles. The Morgan fingerprint density at radius 1 is 1.29 bits per heavy atom. The average molecular weight is 341 g/mol. The Bertz CT molecular complexity index is 765. The van der Waals surface area contributed by atoms with Gasteiger partial charge in [-0.05, 0) is 29.7 Å². The fourth-order valence-electron chi connectivity index (χ4n) is 2.79. The Morgan fingerprint density at radius 3 is 2.71 bits per heavy atom. The van der Waals surface area contributed by atoms with Gasteiger partial charge in [0, 0.05) is 17.3 Å². The first-order chi connectivity index (χ1) is 11.7. The van der Waals surface area contributed by atoms with Crippen LogP contribution in [0.2, 0.25) is 5.02 Å². The van der Waals surface area contributed by atoms with Crippen molar-refractivity contribution in [2.45, 2.75) is 12.3 Å². The SMILES string of the molecule is N#CC(c1ccccc1)c1ccc(NC(=O)C2CCOC2)cc1Cl. The van der Waals surface area contributed by atoms with Crippen LogP contribution in [0.4, 0.5) is 5.69 Å². The number of nitrogens with zero attached hydrogens (tertiary/aromatic N) is 1. The minimum Gasteiger partial charge on any atom is -0.381 e. The van der Waals surface area contributed by atoms with Gasteiger partial charge in [0.25, 0.3) is 0 Å². The van der Waals surface area contributed by atoms with Crippen LogP contribution in [0.15, 0.2) is 48.5 Å². The van der Waals surface area contributed by atoms with Crippen LogP contribution in [0.1, 0.15) is 23.5 Å². The largest absolute Gasteiger partial charge is 0.381 e. The Labute approximate surface area is 146 Å². The molecule has 122 valence electrons. The van der Waals surface area contributed by atoms with Crippen LogP contribution in [0, 0.1) is 17.2 Å². The maximum absolute atomic E-state index is 12.1. The van der Waals surface area contributed by atoms with Crippen LogP contribution >= 0.6 is 11.6 Å². The zero-order valence-electron chi connectivity index (χ0n) is 13.0. The number of carbonyl (C=O) groups is 1. The van der Waals surface area contributed by atoms with E-state index in [-0.39, 0.29) is 11.8 Å². The van der Waals surface area contributed by atoms with E-state index in [0.717, 1.165) is 17.5 Å². The zero-order valence-corrected chi connectivity index (χ0v) is 13.8. The number of hydrogen-bond donors (Lipinski definition) is 1. The molecule has 1 aliphatic rings. The smallest absolute Gasteiger partial charge is 0.229 e.